The Morgan fingerprint density at radius 1 is 1.28 bits per heavy atom. The maximum atomic E-state index is 14.3. The van der Waals surface area contributed by atoms with Gasteiger partial charge in [-0.25, -0.2) is 23.3 Å². The van der Waals surface area contributed by atoms with Crippen molar-refractivity contribution in [1.29, 1.82) is 0 Å². The summed E-state index contributed by atoms with van der Waals surface area (Å²) in [4.78, 5) is 10.1. The van der Waals surface area contributed by atoms with Crippen molar-refractivity contribution in [2.24, 2.45) is 5.92 Å². The predicted molar refractivity (Wildman–Crippen MR) is 99.8 cm³/mol. The van der Waals surface area contributed by atoms with Crippen LogP contribution in [-0.4, -0.2) is 51.4 Å². The fourth-order valence-electron chi connectivity index (χ4n) is 3.77. The average molecular weight is 408 g/mol. The summed E-state index contributed by atoms with van der Waals surface area (Å²) in [5.74, 6) is -0.160. The Labute approximate surface area is 164 Å². The zero-order valence-corrected chi connectivity index (χ0v) is 15.8. The largest absolute Gasteiger partial charge is 0.356 e. The molecule has 154 valence electrons. The molecule has 3 aromatic heterocycles. The normalized spacial score (nSPS) is 17.6. The lowest BCUT2D eigenvalue weighted by atomic mass is 9.98. The third-order valence-electron chi connectivity index (χ3n) is 5.04. The third kappa shape index (κ3) is 4.16. The van der Waals surface area contributed by atoms with Crippen LogP contribution in [0, 0.1) is 11.9 Å². The van der Waals surface area contributed by atoms with Gasteiger partial charge in [-0.05, 0) is 37.0 Å². The Bertz CT molecular complexity index is 1010. The highest BCUT2D eigenvalue weighted by Crippen LogP contribution is 2.28. The Balaban J connectivity index is 1.69. The summed E-state index contributed by atoms with van der Waals surface area (Å²) in [6.07, 6.45) is 0.479. The summed E-state index contributed by atoms with van der Waals surface area (Å²) in [6.45, 7) is 1.54. The van der Waals surface area contributed by atoms with E-state index in [1.165, 1.54) is 36.0 Å². The maximum absolute atomic E-state index is 14.3. The van der Waals surface area contributed by atoms with E-state index < -0.39 is 12.4 Å². The summed E-state index contributed by atoms with van der Waals surface area (Å²) < 4.78 is 54.9. The fourth-order valence-corrected chi connectivity index (χ4v) is 3.77. The van der Waals surface area contributed by atoms with E-state index in [2.05, 4.69) is 15.1 Å². The van der Waals surface area contributed by atoms with Crippen LogP contribution in [0.5, 0.6) is 0 Å². The van der Waals surface area contributed by atoms with Crippen molar-refractivity contribution in [3.63, 3.8) is 0 Å². The standard InChI is InChI=1S/C19H20F4N6/c1-27(23)10-12-3-2-6-28(11-12)18-8-13(7-16(20)25-18)15-9-24-17-5-4-14(19(21)22)26-29(15)17/h4-5,7-9,12,19H,2-3,6,10-11H2,1H3. The molecular formula is C19H20F4N6. The van der Waals surface area contributed by atoms with E-state index >= 15 is 0 Å². The van der Waals surface area contributed by atoms with Crippen molar-refractivity contribution in [3.8, 4) is 11.3 Å². The molecule has 10 heteroatoms. The summed E-state index contributed by atoms with van der Waals surface area (Å²) in [7, 11) is 1.38. The zero-order valence-electron chi connectivity index (χ0n) is 15.8. The summed E-state index contributed by atoms with van der Waals surface area (Å²) in [6, 6.07) is 5.56. The Morgan fingerprint density at radius 2 is 2.10 bits per heavy atom. The van der Waals surface area contributed by atoms with Crippen LogP contribution < -0.4 is 4.90 Å². The smallest absolute Gasteiger partial charge is 0.282 e. The van der Waals surface area contributed by atoms with E-state index in [4.69, 9.17) is 0 Å². The molecule has 0 N–H and O–H groups in total. The lowest BCUT2D eigenvalue weighted by molar-refractivity contribution is 0.0382. The summed E-state index contributed by atoms with van der Waals surface area (Å²) in [5.41, 5.74) is 0.818. The number of hydrogen-bond acceptors (Lipinski definition) is 5. The van der Waals surface area contributed by atoms with Gasteiger partial charge in [0.05, 0.1) is 11.9 Å². The first-order chi connectivity index (χ1) is 13.9. The van der Waals surface area contributed by atoms with Crippen LogP contribution in [0.25, 0.3) is 16.9 Å². The van der Waals surface area contributed by atoms with Crippen molar-refractivity contribution < 1.29 is 17.7 Å². The number of anilines is 1. The molecule has 1 atom stereocenters. The van der Waals surface area contributed by atoms with E-state index in [0.717, 1.165) is 12.8 Å². The molecule has 1 saturated heterocycles. The quantitative estimate of drug-likeness (QED) is 0.364. The first kappa shape index (κ1) is 19.6. The highest BCUT2D eigenvalue weighted by molar-refractivity contribution is 5.66. The van der Waals surface area contributed by atoms with E-state index in [1.807, 2.05) is 4.90 Å². The van der Waals surface area contributed by atoms with Crippen LogP contribution >= 0.6 is 0 Å². The molecule has 1 unspecified atom stereocenters. The Hall–Kier alpha value is -2.75. The molecule has 0 radical (unpaired) electrons. The van der Waals surface area contributed by atoms with Crippen molar-refractivity contribution in [1.82, 2.24) is 24.7 Å². The van der Waals surface area contributed by atoms with Gasteiger partial charge in [-0.1, -0.05) is 0 Å². The molecule has 1 aliphatic rings. The Kier molecular flexibility index (Phi) is 5.35. The number of fused-ring (bicyclic) bond motifs is 1. The zero-order chi connectivity index (χ0) is 20.5. The molecule has 0 spiro atoms. The van der Waals surface area contributed by atoms with Crippen LogP contribution in [0.4, 0.5) is 23.5 Å². The molecule has 0 aliphatic carbocycles. The van der Waals surface area contributed by atoms with Gasteiger partial charge in [-0.15, -0.1) is 9.60 Å². The van der Waals surface area contributed by atoms with Crippen LogP contribution in [0.3, 0.4) is 0 Å². The SMILES string of the molecule is CN(F)CC1CCCN(c2cc(-c3cnc4ccc(C(F)F)nn34)cc(F)n2)C1. The van der Waals surface area contributed by atoms with E-state index in [-0.39, 0.29) is 11.6 Å². The van der Waals surface area contributed by atoms with Gasteiger partial charge in [0, 0.05) is 38.3 Å². The van der Waals surface area contributed by atoms with Crippen molar-refractivity contribution >= 4 is 11.5 Å². The van der Waals surface area contributed by atoms with Gasteiger partial charge in [0.15, 0.2) is 5.65 Å². The first-order valence-electron chi connectivity index (χ1n) is 9.33. The minimum atomic E-state index is -2.72. The van der Waals surface area contributed by atoms with Gasteiger partial charge in [-0.3, -0.25) is 0 Å². The number of aromatic nitrogens is 4. The number of hydrogen-bond donors (Lipinski definition) is 0. The van der Waals surface area contributed by atoms with E-state index in [0.29, 0.717) is 47.5 Å². The lowest BCUT2D eigenvalue weighted by Crippen LogP contribution is -2.39. The van der Waals surface area contributed by atoms with Gasteiger partial charge in [0.25, 0.3) is 6.43 Å². The summed E-state index contributed by atoms with van der Waals surface area (Å²) in [5, 5.41) is 4.58. The molecule has 0 bridgehead atoms. The molecular weight excluding hydrogens is 388 g/mol. The molecule has 1 fully saturated rings. The van der Waals surface area contributed by atoms with E-state index in [9.17, 15) is 17.7 Å². The predicted octanol–water partition coefficient (Wildman–Crippen LogP) is 3.90. The van der Waals surface area contributed by atoms with Crippen LogP contribution in [0.2, 0.25) is 0 Å². The van der Waals surface area contributed by atoms with Gasteiger partial charge in [-0.2, -0.15) is 9.49 Å². The Morgan fingerprint density at radius 3 is 2.86 bits per heavy atom. The average Bonchev–Trinajstić information content (AvgIpc) is 3.10. The number of pyridine rings is 1. The number of nitrogens with zero attached hydrogens (tertiary/aromatic N) is 6. The molecule has 6 nitrogen and oxygen atoms in total. The fraction of sp³-hybridized carbons (Fsp3) is 0.421. The molecule has 29 heavy (non-hydrogen) atoms. The number of rotatable bonds is 5. The highest BCUT2D eigenvalue weighted by Gasteiger charge is 2.23. The molecule has 0 aromatic carbocycles. The van der Waals surface area contributed by atoms with E-state index in [1.54, 1.807) is 6.07 Å². The second-order valence-electron chi connectivity index (χ2n) is 7.25. The minimum absolute atomic E-state index is 0.110. The topological polar surface area (TPSA) is 49.6 Å². The monoisotopic (exact) mass is 408 g/mol. The number of alkyl halides is 2. The minimum Gasteiger partial charge on any atom is -0.356 e. The third-order valence-corrected chi connectivity index (χ3v) is 5.04. The highest BCUT2D eigenvalue weighted by atomic mass is 19.3. The van der Waals surface area contributed by atoms with Gasteiger partial charge >= 0.3 is 0 Å². The molecule has 0 saturated carbocycles. The van der Waals surface area contributed by atoms with Gasteiger partial charge in [0.2, 0.25) is 5.95 Å². The molecule has 0 amide bonds. The van der Waals surface area contributed by atoms with Crippen LogP contribution in [0.15, 0.2) is 30.5 Å². The molecule has 4 heterocycles. The molecule has 3 aromatic rings. The summed E-state index contributed by atoms with van der Waals surface area (Å²) >= 11 is 0. The van der Waals surface area contributed by atoms with Crippen LogP contribution in [0.1, 0.15) is 25.0 Å². The van der Waals surface area contributed by atoms with Crippen molar-refractivity contribution in [3.05, 3.63) is 42.1 Å². The van der Waals surface area contributed by atoms with Crippen LogP contribution in [-0.2, 0) is 0 Å². The molecule has 1 aliphatic heterocycles. The molecule has 4 rings (SSSR count). The second kappa shape index (κ2) is 7.94. The van der Waals surface area contributed by atoms with Gasteiger partial charge in [0.1, 0.15) is 11.5 Å². The number of piperidine rings is 1. The van der Waals surface area contributed by atoms with Crippen molar-refractivity contribution in [2.45, 2.75) is 19.3 Å². The van der Waals surface area contributed by atoms with Crippen molar-refractivity contribution in [2.75, 3.05) is 31.6 Å². The maximum Gasteiger partial charge on any atom is 0.282 e. The number of halogens is 4. The van der Waals surface area contributed by atoms with Gasteiger partial charge < -0.3 is 4.90 Å². The number of imidazole rings is 1. The second-order valence-corrected chi connectivity index (χ2v) is 7.25. The first-order valence-corrected chi connectivity index (χ1v) is 9.33. The lowest BCUT2D eigenvalue weighted by Gasteiger charge is -2.34.